The van der Waals surface area contributed by atoms with Crippen molar-refractivity contribution in [1.29, 1.82) is 0 Å². The Morgan fingerprint density at radius 2 is 2.19 bits per heavy atom. The summed E-state index contributed by atoms with van der Waals surface area (Å²) in [6.45, 7) is 2.18. The zero-order valence-electron chi connectivity index (χ0n) is 14.2. The summed E-state index contributed by atoms with van der Waals surface area (Å²) in [6, 6.07) is 5.51. The number of H-pyrrole nitrogens is 1. The van der Waals surface area contributed by atoms with Gasteiger partial charge in [0, 0.05) is 30.8 Å². The zero-order chi connectivity index (χ0) is 18.5. The van der Waals surface area contributed by atoms with Crippen LogP contribution < -0.4 is 20.3 Å². The van der Waals surface area contributed by atoms with Gasteiger partial charge in [0.2, 0.25) is 12.7 Å². The maximum absolute atomic E-state index is 12.0. The number of amides is 1. The number of aliphatic hydroxyl groups is 1. The predicted molar refractivity (Wildman–Crippen MR) is 95.5 cm³/mol. The average molecular weight is 377 g/mol. The molecule has 9 heteroatoms. The van der Waals surface area contributed by atoms with Crippen molar-refractivity contribution in [2.75, 3.05) is 19.2 Å². The summed E-state index contributed by atoms with van der Waals surface area (Å²) >= 11 is 1.15. The second-order valence-electron chi connectivity index (χ2n) is 5.66. The fourth-order valence-corrected chi connectivity index (χ4v) is 3.23. The van der Waals surface area contributed by atoms with Gasteiger partial charge in [-0.25, -0.2) is 4.98 Å². The Hall–Kier alpha value is -2.52. The molecule has 1 aliphatic rings. The maximum Gasteiger partial charge on any atom is 0.255 e. The first-order chi connectivity index (χ1) is 12.6. The quantitative estimate of drug-likeness (QED) is 0.482. The smallest absolute Gasteiger partial charge is 0.255 e. The summed E-state index contributed by atoms with van der Waals surface area (Å²) in [6.07, 6.45) is 0.259. The number of hydrogen-bond donors (Lipinski definition) is 3. The molecule has 0 spiro atoms. The van der Waals surface area contributed by atoms with Crippen LogP contribution >= 0.6 is 11.8 Å². The zero-order valence-corrected chi connectivity index (χ0v) is 15.0. The molecule has 8 nitrogen and oxygen atoms in total. The van der Waals surface area contributed by atoms with E-state index in [0.717, 1.165) is 17.3 Å². The van der Waals surface area contributed by atoms with Crippen LogP contribution in [0.1, 0.15) is 16.8 Å². The molecule has 0 fully saturated rings. The van der Waals surface area contributed by atoms with Crippen molar-refractivity contribution in [3.63, 3.8) is 0 Å². The van der Waals surface area contributed by atoms with Gasteiger partial charge in [-0.1, -0.05) is 17.8 Å². The van der Waals surface area contributed by atoms with Crippen molar-refractivity contribution in [1.82, 2.24) is 15.3 Å². The number of benzene rings is 1. The van der Waals surface area contributed by atoms with Crippen molar-refractivity contribution in [3.8, 4) is 11.5 Å². The topological polar surface area (TPSA) is 114 Å². The standard InChI is InChI=1S/C17H19N3O5S/c1-10-12(4-5-21)16(23)20-17(19-10)26-8-15(22)18-7-11-2-3-13-14(6-11)25-9-24-13/h2-3,6,21H,4-5,7-9H2,1H3,(H,18,22)(H,19,20,23). The number of hydrogen-bond acceptors (Lipinski definition) is 7. The highest BCUT2D eigenvalue weighted by Gasteiger charge is 2.14. The first-order valence-electron chi connectivity index (χ1n) is 8.05. The number of nitrogens with one attached hydrogen (secondary N) is 2. The van der Waals surface area contributed by atoms with E-state index in [4.69, 9.17) is 14.6 Å². The minimum Gasteiger partial charge on any atom is -0.454 e. The van der Waals surface area contributed by atoms with Crippen LogP contribution in [0.5, 0.6) is 11.5 Å². The molecule has 138 valence electrons. The van der Waals surface area contributed by atoms with E-state index < -0.39 is 0 Å². The molecule has 2 heterocycles. The molecular formula is C17H19N3O5S. The Morgan fingerprint density at radius 1 is 1.38 bits per heavy atom. The summed E-state index contributed by atoms with van der Waals surface area (Å²) in [4.78, 5) is 30.9. The van der Waals surface area contributed by atoms with Gasteiger partial charge < -0.3 is 24.9 Å². The molecule has 1 aromatic heterocycles. The Morgan fingerprint density at radius 3 is 2.96 bits per heavy atom. The molecule has 1 aliphatic heterocycles. The van der Waals surface area contributed by atoms with Crippen LogP contribution in [0.2, 0.25) is 0 Å². The normalized spacial score (nSPS) is 12.2. The number of aromatic amines is 1. The molecule has 26 heavy (non-hydrogen) atoms. The average Bonchev–Trinajstić information content (AvgIpc) is 3.09. The first kappa shape index (κ1) is 18.3. The first-order valence-corrected chi connectivity index (χ1v) is 9.04. The van der Waals surface area contributed by atoms with Gasteiger partial charge in [0.05, 0.1) is 5.75 Å². The van der Waals surface area contributed by atoms with Crippen molar-refractivity contribution in [2.45, 2.75) is 25.0 Å². The number of carbonyl (C=O) groups is 1. The lowest BCUT2D eigenvalue weighted by molar-refractivity contribution is -0.118. The van der Waals surface area contributed by atoms with Gasteiger partial charge in [-0.3, -0.25) is 9.59 Å². The second kappa shape index (κ2) is 8.24. The highest BCUT2D eigenvalue weighted by molar-refractivity contribution is 7.99. The fraction of sp³-hybridized carbons (Fsp3) is 0.353. The monoisotopic (exact) mass is 377 g/mol. The molecule has 3 N–H and O–H groups in total. The summed E-state index contributed by atoms with van der Waals surface area (Å²) in [5.41, 5.74) is 1.65. The molecule has 2 aromatic rings. The molecule has 3 rings (SSSR count). The fourth-order valence-electron chi connectivity index (χ4n) is 2.50. The van der Waals surface area contributed by atoms with E-state index in [1.165, 1.54) is 0 Å². The highest BCUT2D eigenvalue weighted by atomic mass is 32.2. The van der Waals surface area contributed by atoms with E-state index in [-0.39, 0.29) is 37.0 Å². The van der Waals surface area contributed by atoms with Crippen LogP contribution in [0.15, 0.2) is 28.2 Å². The molecule has 0 unspecified atom stereocenters. The number of fused-ring (bicyclic) bond motifs is 1. The second-order valence-corrected chi connectivity index (χ2v) is 6.63. The third-order valence-corrected chi connectivity index (χ3v) is 4.70. The number of aliphatic hydroxyl groups excluding tert-OH is 1. The summed E-state index contributed by atoms with van der Waals surface area (Å²) in [5.74, 6) is 1.33. The lowest BCUT2D eigenvalue weighted by atomic mass is 10.2. The van der Waals surface area contributed by atoms with Crippen LogP contribution in [-0.2, 0) is 17.8 Å². The third-order valence-electron chi connectivity index (χ3n) is 3.83. The molecule has 0 aliphatic carbocycles. The number of ether oxygens (including phenoxy) is 2. The largest absolute Gasteiger partial charge is 0.454 e. The van der Waals surface area contributed by atoms with E-state index in [2.05, 4.69) is 15.3 Å². The van der Waals surface area contributed by atoms with Gasteiger partial charge in [0.25, 0.3) is 5.56 Å². The lowest BCUT2D eigenvalue weighted by Crippen LogP contribution is -2.25. The number of aryl methyl sites for hydroxylation is 1. The van der Waals surface area contributed by atoms with Gasteiger partial charge in [0.1, 0.15) is 0 Å². The Labute approximate surface area is 153 Å². The molecular weight excluding hydrogens is 358 g/mol. The number of nitrogens with zero attached hydrogens (tertiary/aromatic N) is 1. The van der Waals surface area contributed by atoms with E-state index in [0.29, 0.717) is 34.5 Å². The number of thioether (sulfide) groups is 1. The molecule has 1 aromatic carbocycles. The SMILES string of the molecule is Cc1nc(SCC(=O)NCc2ccc3c(c2)OCO3)[nH]c(=O)c1CCO. The lowest BCUT2D eigenvalue weighted by Gasteiger charge is -2.07. The minimum atomic E-state index is -0.283. The number of carbonyl (C=O) groups excluding carboxylic acids is 1. The predicted octanol–water partition coefficient (Wildman–Crippen LogP) is 0.750. The van der Waals surface area contributed by atoms with Gasteiger partial charge in [-0.15, -0.1) is 0 Å². The number of aromatic nitrogens is 2. The summed E-state index contributed by atoms with van der Waals surface area (Å²) < 4.78 is 10.6. The molecule has 0 radical (unpaired) electrons. The summed E-state index contributed by atoms with van der Waals surface area (Å²) in [5, 5.41) is 12.2. The number of rotatable bonds is 7. The molecule has 0 saturated heterocycles. The molecule has 0 saturated carbocycles. The summed E-state index contributed by atoms with van der Waals surface area (Å²) in [7, 11) is 0. The van der Waals surface area contributed by atoms with Gasteiger partial charge in [-0.05, 0) is 24.6 Å². The Bertz CT molecular complexity index is 868. The van der Waals surface area contributed by atoms with Crippen LogP contribution in [0, 0.1) is 6.92 Å². The van der Waals surface area contributed by atoms with E-state index >= 15 is 0 Å². The van der Waals surface area contributed by atoms with Gasteiger partial charge in [-0.2, -0.15) is 0 Å². The van der Waals surface area contributed by atoms with Crippen molar-refractivity contribution in [2.24, 2.45) is 0 Å². The van der Waals surface area contributed by atoms with E-state index in [9.17, 15) is 9.59 Å². The van der Waals surface area contributed by atoms with Gasteiger partial charge in [0.15, 0.2) is 16.7 Å². The molecule has 1 amide bonds. The Kier molecular flexibility index (Phi) is 5.79. The van der Waals surface area contributed by atoms with Crippen molar-refractivity contribution < 1.29 is 19.4 Å². The molecule has 0 atom stereocenters. The van der Waals surface area contributed by atoms with Gasteiger partial charge >= 0.3 is 0 Å². The Balaban J connectivity index is 1.52. The van der Waals surface area contributed by atoms with Crippen LogP contribution in [-0.4, -0.2) is 40.1 Å². The van der Waals surface area contributed by atoms with Crippen LogP contribution in [0.25, 0.3) is 0 Å². The third kappa shape index (κ3) is 4.36. The van der Waals surface area contributed by atoms with Crippen molar-refractivity contribution >= 4 is 17.7 Å². The van der Waals surface area contributed by atoms with E-state index in [1.807, 2.05) is 18.2 Å². The van der Waals surface area contributed by atoms with Crippen LogP contribution in [0.3, 0.4) is 0 Å². The molecule has 0 bridgehead atoms. The van der Waals surface area contributed by atoms with Crippen molar-refractivity contribution in [3.05, 3.63) is 45.4 Å². The highest BCUT2D eigenvalue weighted by Crippen LogP contribution is 2.32. The maximum atomic E-state index is 12.0. The van der Waals surface area contributed by atoms with E-state index in [1.54, 1.807) is 6.92 Å². The van der Waals surface area contributed by atoms with Crippen LogP contribution in [0.4, 0.5) is 0 Å². The minimum absolute atomic E-state index is 0.111.